The lowest BCUT2D eigenvalue weighted by Crippen LogP contribution is -2.16. The Morgan fingerprint density at radius 3 is 2.47 bits per heavy atom. The number of hydrogen-bond acceptors (Lipinski definition) is 3. The minimum Gasteiger partial charge on any atom is -0.480 e. The summed E-state index contributed by atoms with van der Waals surface area (Å²) in [6, 6.07) is 7.88. The van der Waals surface area contributed by atoms with Crippen LogP contribution in [0.5, 0.6) is 0 Å². The van der Waals surface area contributed by atoms with Gasteiger partial charge in [-0.1, -0.05) is 32.6 Å². The van der Waals surface area contributed by atoms with Gasteiger partial charge in [-0.15, -0.1) is 11.8 Å². The minimum absolute atomic E-state index is 0.336. The third-order valence-electron chi connectivity index (χ3n) is 3.02. The Hall–Kier alpha value is -1.16. The maximum absolute atomic E-state index is 11.3. The molecule has 0 aliphatic rings. The molecule has 0 spiro atoms. The van der Waals surface area contributed by atoms with Crippen molar-refractivity contribution in [3.8, 4) is 0 Å². The van der Waals surface area contributed by atoms with Gasteiger partial charge >= 0.3 is 5.97 Å². The highest BCUT2D eigenvalue weighted by molar-refractivity contribution is 8.00. The Balaban J connectivity index is 2.49. The van der Waals surface area contributed by atoms with Crippen LogP contribution < -0.4 is 5.32 Å². The minimum atomic E-state index is -0.709. The molecule has 3 nitrogen and oxygen atoms in total. The van der Waals surface area contributed by atoms with Crippen molar-refractivity contribution < 1.29 is 9.90 Å². The van der Waals surface area contributed by atoms with Gasteiger partial charge in [-0.3, -0.25) is 4.79 Å². The molecule has 1 rings (SSSR count). The normalized spacial score (nSPS) is 12.1. The summed E-state index contributed by atoms with van der Waals surface area (Å²) in [5.74, 6) is -0.709. The molecule has 106 valence electrons. The molecule has 0 aromatic heterocycles. The summed E-state index contributed by atoms with van der Waals surface area (Å²) in [4.78, 5) is 12.3. The quantitative estimate of drug-likeness (QED) is 0.525. The first kappa shape index (κ1) is 15.9. The van der Waals surface area contributed by atoms with E-state index in [0.29, 0.717) is 0 Å². The number of nitrogens with one attached hydrogen (secondary N) is 1. The molecule has 0 radical (unpaired) electrons. The Labute approximate surface area is 119 Å². The van der Waals surface area contributed by atoms with Gasteiger partial charge in [0.2, 0.25) is 0 Å². The predicted molar refractivity (Wildman–Crippen MR) is 82.0 cm³/mol. The van der Waals surface area contributed by atoms with Crippen molar-refractivity contribution in [2.45, 2.75) is 49.2 Å². The van der Waals surface area contributed by atoms with E-state index >= 15 is 0 Å². The van der Waals surface area contributed by atoms with Gasteiger partial charge in [0.05, 0.1) is 0 Å². The molecule has 1 atom stereocenters. The SMILES string of the molecule is CCCCCCC(Sc1ccc(NC)cc1)C(=O)O. The van der Waals surface area contributed by atoms with Crippen molar-refractivity contribution in [3.63, 3.8) is 0 Å². The van der Waals surface area contributed by atoms with Crippen LogP contribution in [0.2, 0.25) is 0 Å². The van der Waals surface area contributed by atoms with Crippen molar-refractivity contribution in [1.82, 2.24) is 0 Å². The van der Waals surface area contributed by atoms with Crippen molar-refractivity contribution in [1.29, 1.82) is 0 Å². The van der Waals surface area contributed by atoms with Crippen molar-refractivity contribution in [2.75, 3.05) is 12.4 Å². The van der Waals surface area contributed by atoms with Crippen molar-refractivity contribution in [2.24, 2.45) is 0 Å². The molecule has 1 unspecified atom stereocenters. The summed E-state index contributed by atoms with van der Waals surface area (Å²) >= 11 is 1.45. The van der Waals surface area contributed by atoms with Gasteiger partial charge < -0.3 is 10.4 Å². The molecule has 0 aliphatic carbocycles. The maximum Gasteiger partial charge on any atom is 0.316 e. The smallest absolute Gasteiger partial charge is 0.316 e. The third-order valence-corrected chi connectivity index (χ3v) is 4.28. The van der Waals surface area contributed by atoms with Crippen molar-refractivity contribution in [3.05, 3.63) is 24.3 Å². The van der Waals surface area contributed by atoms with E-state index in [9.17, 15) is 9.90 Å². The zero-order chi connectivity index (χ0) is 14.1. The topological polar surface area (TPSA) is 49.3 Å². The fourth-order valence-electron chi connectivity index (χ4n) is 1.85. The molecule has 4 heteroatoms. The first-order valence-electron chi connectivity index (χ1n) is 6.84. The molecular weight excluding hydrogens is 258 g/mol. The molecule has 0 bridgehead atoms. The number of benzene rings is 1. The molecule has 19 heavy (non-hydrogen) atoms. The zero-order valence-electron chi connectivity index (χ0n) is 11.7. The van der Waals surface area contributed by atoms with Gasteiger partial charge in [0.1, 0.15) is 5.25 Å². The van der Waals surface area contributed by atoms with E-state index < -0.39 is 5.97 Å². The number of rotatable bonds is 9. The second-order valence-corrected chi connectivity index (χ2v) is 5.84. The number of hydrogen-bond donors (Lipinski definition) is 2. The van der Waals surface area contributed by atoms with Gasteiger partial charge in [-0.2, -0.15) is 0 Å². The summed E-state index contributed by atoms with van der Waals surface area (Å²) in [5, 5.41) is 12.0. The van der Waals surface area contributed by atoms with E-state index in [1.54, 1.807) is 0 Å². The number of unbranched alkanes of at least 4 members (excludes halogenated alkanes) is 3. The van der Waals surface area contributed by atoms with Gasteiger partial charge in [-0.25, -0.2) is 0 Å². The second-order valence-electron chi connectivity index (χ2n) is 4.57. The number of anilines is 1. The van der Waals surface area contributed by atoms with Crippen LogP contribution in [0.1, 0.15) is 39.0 Å². The number of carbonyl (C=O) groups is 1. The zero-order valence-corrected chi connectivity index (χ0v) is 12.5. The molecule has 1 aromatic rings. The van der Waals surface area contributed by atoms with Gasteiger partial charge in [-0.05, 0) is 30.7 Å². The van der Waals surface area contributed by atoms with Crippen LogP contribution in [-0.2, 0) is 4.79 Å². The lowest BCUT2D eigenvalue weighted by atomic mass is 10.1. The van der Waals surface area contributed by atoms with Gasteiger partial charge in [0.25, 0.3) is 0 Å². The van der Waals surface area contributed by atoms with E-state index in [1.165, 1.54) is 24.6 Å². The monoisotopic (exact) mass is 281 g/mol. The molecule has 1 aromatic carbocycles. The highest BCUT2D eigenvalue weighted by Gasteiger charge is 2.18. The van der Waals surface area contributed by atoms with Crippen LogP contribution in [0, 0.1) is 0 Å². The summed E-state index contributed by atoms with van der Waals surface area (Å²) in [5.41, 5.74) is 1.04. The van der Waals surface area contributed by atoms with Crippen LogP contribution in [0.25, 0.3) is 0 Å². The lowest BCUT2D eigenvalue weighted by molar-refractivity contribution is -0.136. The molecule has 0 aliphatic heterocycles. The number of carboxylic acid groups (broad SMARTS) is 1. The highest BCUT2D eigenvalue weighted by atomic mass is 32.2. The van der Waals surface area contributed by atoms with Gasteiger partial charge in [0, 0.05) is 17.6 Å². The first-order chi connectivity index (χ1) is 9.17. The van der Waals surface area contributed by atoms with E-state index in [1.807, 2.05) is 31.3 Å². The fourth-order valence-corrected chi connectivity index (χ4v) is 2.86. The Kier molecular flexibility index (Phi) is 7.41. The number of thioether (sulfide) groups is 1. The van der Waals surface area contributed by atoms with E-state index in [-0.39, 0.29) is 5.25 Å². The Morgan fingerprint density at radius 2 is 1.95 bits per heavy atom. The average molecular weight is 281 g/mol. The highest BCUT2D eigenvalue weighted by Crippen LogP contribution is 2.28. The third kappa shape index (κ3) is 6.01. The van der Waals surface area contributed by atoms with Crippen LogP contribution in [0.3, 0.4) is 0 Å². The molecule has 0 heterocycles. The van der Waals surface area contributed by atoms with E-state index in [0.717, 1.165) is 29.8 Å². The van der Waals surface area contributed by atoms with Crippen LogP contribution >= 0.6 is 11.8 Å². The summed E-state index contributed by atoms with van der Waals surface area (Å²) in [7, 11) is 1.87. The second kappa shape index (κ2) is 8.86. The fraction of sp³-hybridized carbons (Fsp3) is 0.533. The van der Waals surface area contributed by atoms with E-state index in [2.05, 4.69) is 12.2 Å². The molecule has 2 N–H and O–H groups in total. The predicted octanol–water partition coefficient (Wildman–Crippen LogP) is 4.24. The van der Waals surface area contributed by atoms with Crippen LogP contribution in [-0.4, -0.2) is 23.4 Å². The largest absolute Gasteiger partial charge is 0.480 e. The maximum atomic E-state index is 11.3. The Morgan fingerprint density at radius 1 is 1.26 bits per heavy atom. The lowest BCUT2D eigenvalue weighted by Gasteiger charge is -2.12. The Bertz CT molecular complexity index is 378. The molecule has 0 amide bonds. The molecule has 0 saturated carbocycles. The number of aliphatic carboxylic acids is 1. The standard InChI is InChI=1S/C15H23NO2S/c1-3-4-5-6-7-14(15(17)18)19-13-10-8-12(16-2)9-11-13/h8-11,14,16H,3-7H2,1-2H3,(H,17,18). The van der Waals surface area contributed by atoms with Crippen LogP contribution in [0.4, 0.5) is 5.69 Å². The summed E-state index contributed by atoms with van der Waals surface area (Å²) < 4.78 is 0. The summed E-state index contributed by atoms with van der Waals surface area (Å²) in [6.45, 7) is 2.16. The molecule has 0 fully saturated rings. The average Bonchev–Trinajstić information content (AvgIpc) is 2.42. The number of carboxylic acids is 1. The van der Waals surface area contributed by atoms with E-state index in [4.69, 9.17) is 0 Å². The molecule has 0 saturated heterocycles. The molecular formula is C15H23NO2S. The van der Waals surface area contributed by atoms with Crippen LogP contribution in [0.15, 0.2) is 29.2 Å². The van der Waals surface area contributed by atoms with Gasteiger partial charge in [0.15, 0.2) is 0 Å². The van der Waals surface area contributed by atoms with Crippen molar-refractivity contribution >= 4 is 23.4 Å². The first-order valence-corrected chi connectivity index (χ1v) is 7.72. The summed E-state index contributed by atoms with van der Waals surface area (Å²) in [6.07, 6.45) is 5.23.